The Morgan fingerprint density at radius 3 is 2.47 bits per heavy atom. The molecule has 0 aliphatic heterocycles. The van der Waals surface area contributed by atoms with E-state index in [1.165, 1.54) is 24.5 Å². The fourth-order valence-corrected chi connectivity index (χ4v) is 5.06. The summed E-state index contributed by atoms with van der Waals surface area (Å²) < 4.78 is 14.1. The van der Waals surface area contributed by atoms with Crippen LogP contribution in [-0.2, 0) is 6.42 Å². The fourth-order valence-electron chi connectivity index (χ4n) is 4.85. The molecule has 1 aromatic heterocycles. The van der Waals surface area contributed by atoms with Crippen molar-refractivity contribution in [2.75, 3.05) is 11.9 Å². The topological polar surface area (TPSA) is 71.2 Å². The van der Waals surface area contributed by atoms with Gasteiger partial charge in [-0.05, 0) is 104 Å². The van der Waals surface area contributed by atoms with Crippen LogP contribution in [0.3, 0.4) is 0 Å². The van der Waals surface area contributed by atoms with Gasteiger partial charge in [0.25, 0.3) is 0 Å². The van der Waals surface area contributed by atoms with Crippen molar-refractivity contribution in [2.45, 2.75) is 51.0 Å². The van der Waals surface area contributed by atoms with Crippen molar-refractivity contribution in [3.63, 3.8) is 0 Å². The molecular weight excluding hydrogens is 425 g/mol. The van der Waals surface area contributed by atoms with E-state index in [0.29, 0.717) is 17.5 Å². The SMILES string of the molecule is NCC1CCC(Nc2c(CC3CC3)cnc3ccc(-c4cc(F)c(O)c(Cl)c4)cc23)CC1. The highest BCUT2D eigenvalue weighted by Gasteiger charge is 2.26. The predicted molar refractivity (Wildman–Crippen MR) is 129 cm³/mol. The maximum atomic E-state index is 14.1. The van der Waals surface area contributed by atoms with Crippen molar-refractivity contribution in [3.8, 4) is 16.9 Å². The number of aromatic hydroxyl groups is 1. The van der Waals surface area contributed by atoms with E-state index in [2.05, 4.69) is 11.4 Å². The summed E-state index contributed by atoms with van der Waals surface area (Å²) in [5.74, 6) is 0.146. The molecule has 2 fully saturated rings. The number of anilines is 1. The molecule has 5 rings (SSSR count). The van der Waals surface area contributed by atoms with E-state index in [9.17, 15) is 9.50 Å². The number of nitrogens with one attached hydrogen (secondary N) is 1. The number of hydrogen-bond donors (Lipinski definition) is 3. The summed E-state index contributed by atoms with van der Waals surface area (Å²) in [7, 11) is 0. The van der Waals surface area contributed by atoms with E-state index in [4.69, 9.17) is 22.3 Å². The Hall–Kier alpha value is -2.37. The van der Waals surface area contributed by atoms with Crippen LogP contribution >= 0.6 is 11.6 Å². The first-order chi connectivity index (χ1) is 15.5. The van der Waals surface area contributed by atoms with Crippen LogP contribution in [0.15, 0.2) is 36.5 Å². The molecule has 0 bridgehead atoms. The molecule has 2 aromatic carbocycles. The molecule has 4 N–H and O–H groups in total. The minimum Gasteiger partial charge on any atom is -0.504 e. The number of phenols is 1. The number of nitrogens with zero attached hydrogens (tertiary/aromatic N) is 1. The maximum absolute atomic E-state index is 14.1. The molecule has 3 aromatic rings. The molecule has 0 saturated heterocycles. The van der Waals surface area contributed by atoms with Gasteiger partial charge in [0.15, 0.2) is 11.6 Å². The zero-order valence-corrected chi connectivity index (χ0v) is 18.8. The van der Waals surface area contributed by atoms with E-state index in [-0.39, 0.29) is 5.02 Å². The number of aromatic nitrogens is 1. The number of halogens is 2. The fraction of sp³-hybridized carbons (Fsp3) is 0.423. The van der Waals surface area contributed by atoms with Crippen LogP contribution in [0.25, 0.3) is 22.0 Å². The second-order valence-electron chi connectivity index (χ2n) is 9.42. The van der Waals surface area contributed by atoms with Crippen LogP contribution in [0.2, 0.25) is 5.02 Å². The third-order valence-corrected chi connectivity index (χ3v) is 7.32. The number of pyridine rings is 1. The quantitative estimate of drug-likeness (QED) is 0.410. The largest absolute Gasteiger partial charge is 0.504 e. The second-order valence-corrected chi connectivity index (χ2v) is 9.83. The molecule has 2 aliphatic carbocycles. The van der Waals surface area contributed by atoms with Gasteiger partial charge in [0, 0.05) is 23.3 Å². The van der Waals surface area contributed by atoms with Gasteiger partial charge in [0.05, 0.1) is 10.5 Å². The van der Waals surface area contributed by atoms with Crippen LogP contribution in [-0.4, -0.2) is 22.7 Å². The van der Waals surface area contributed by atoms with Gasteiger partial charge in [0.2, 0.25) is 0 Å². The minimum atomic E-state index is -0.719. The molecule has 4 nitrogen and oxygen atoms in total. The Balaban J connectivity index is 1.55. The summed E-state index contributed by atoms with van der Waals surface area (Å²) in [5.41, 5.74) is 10.7. The molecular formula is C26H29ClFN3O. The minimum absolute atomic E-state index is 0.00992. The van der Waals surface area contributed by atoms with Crippen molar-refractivity contribution >= 4 is 28.2 Å². The summed E-state index contributed by atoms with van der Waals surface area (Å²) in [6, 6.07) is 9.31. The third-order valence-electron chi connectivity index (χ3n) is 7.03. The molecule has 0 amide bonds. The molecule has 32 heavy (non-hydrogen) atoms. The predicted octanol–water partition coefficient (Wildman–Crippen LogP) is 6.28. The molecule has 168 valence electrons. The summed E-state index contributed by atoms with van der Waals surface area (Å²) in [6.45, 7) is 0.771. The molecule has 0 unspecified atom stereocenters. The van der Waals surface area contributed by atoms with E-state index < -0.39 is 11.6 Å². The van der Waals surface area contributed by atoms with Gasteiger partial charge in [-0.15, -0.1) is 0 Å². The highest BCUT2D eigenvalue weighted by molar-refractivity contribution is 6.32. The lowest BCUT2D eigenvalue weighted by Gasteiger charge is -2.30. The van der Waals surface area contributed by atoms with Crippen molar-refractivity contribution in [1.29, 1.82) is 0 Å². The van der Waals surface area contributed by atoms with E-state index in [0.717, 1.165) is 66.7 Å². The lowest BCUT2D eigenvalue weighted by atomic mass is 9.86. The smallest absolute Gasteiger partial charge is 0.170 e. The monoisotopic (exact) mass is 453 g/mol. The van der Waals surface area contributed by atoms with E-state index >= 15 is 0 Å². The zero-order valence-electron chi connectivity index (χ0n) is 18.1. The third kappa shape index (κ3) is 4.41. The number of nitrogens with two attached hydrogens (primary N) is 1. The lowest BCUT2D eigenvalue weighted by Crippen LogP contribution is -2.29. The van der Waals surface area contributed by atoms with Gasteiger partial charge in [0.1, 0.15) is 0 Å². The van der Waals surface area contributed by atoms with Crippen molar-refractivity contribution in [3.05, 3.63) is 52.9 Å². The van der Waals surface area contributed by atoms with Crippen molar-refractivity contribution in [1.82, 2.24) is 4.98 Å². The standard InChI is InChI=1S/C26H29ClFN3O/c27-22-11-18(12-23(28)26(22)32)17-5-8-24-21(10-17)25(19(14-30-24)9-15-1-2-15)31-20-6-3-16(13-29)4-7-20/h5,8,10-12,14-16,20,32H,1-4,6-7,9,13,29H2,(H,30,31). The van der Waals surface area contributed by atoms with Gasteiger partial charge in [-0.1, -0.05) is 17.7 Å². The molecule has 6 heteroatoms. The van der Waals surface area contributed by atoms with Gasteiger partial charge < -0.3 is 16.2 Å². The molecule has 0 radical (unpaired) electrons. The summed E-state index contributed by atoms with van der Waals surface area (Å²) in [4.78, 5) is 4.73. The molecule has 2 saturated carbocycles. The number of rotatable bonds is 6. The molecule has 0 spiro atoms. The van der Waals surface area contributed by atoms with Crippen LogP contribution < -0.4 is 11.1 Å². The summed E-state index contributed by atoms with van der Waals surface area (Å²) >= 11 is 6.04. The second kappa shape index (κ2) is 8.87. The van der Waals surface area contributed by atoms with Gasteiger partial charge in [-0.3, -0.25) is 4.98 Å². The zero-order chi connectivity index (χ0) is 22.2. The van der Waals surface area contributed by atoms with Crippen molar-refractivity contribution < 1.29 is 9.50 Å². The van der Waals surface area contributed by atoms with E-state index in [1.54, 1.807) is 6.07 Å². The number of benzene rings is 2. The first-order valence-corrected chi connectivity index (χ1v) is 12.0. The molecule has 1 heterocycles. The summed E-state index contributed by atoms with van der Waals surface area (Å²) in [6.07, 6.45) is 10.2. The van der Waals surface area contributed by atoms with Gasteiger partial charge >= 0.3 is 0 Å². The highest BCUT2D eigenvalue weighted by Crippen LogP contribution is 2.39. The van der Waals surface area contributed by atoms with Crippen LogP contribution in [0.1, 0.15) is 44.1 Å². The number of hydrogen-bond acceptors (Lipinski definition) is 4. The Morgan fingerprint density at radius 2 is 1.78 bits per heavy atom. The molecule has 0 atom stereocenters. The van der Waals surface area contributed by atoms with Crippen LogP contribution in [0.4, 0.5) is 10.1 Å². The Kier molecular flexibility index (Phi) is 5.95. The number of phenolic OH excluding ortho intramolecular Hbond substituents is 1. The Bertz CT molecular complexity index is 1120. The maximum Gasteiger partial charge on any atom is 0.170 e. The molecule has 2 aliphatic rings. The van der Waals surface area contributed by atoms with Crippen LogP contribution in [0, 0.1) is 17.7 Å². The highest BCUT2D eigenvalue weighted by atomic mass is 35.5. The van der Waals surface area contributed by atoms with Crippen molar-refractivity contribution in [2.24, 2.45) is 17.6 Å². The van der Waals surface area contributed by atoms with Crippen LogP contribution in [0.5, 0.6) is 5.75 Å². The normalized spacial score (nSPS) is 21.1. The first kappa shape index (κ1) is 21.5. The average molecular weight is 454 g/mol. The van der Waals surface area contributed by atoms with E-state index in [1.807, 2.05) is 18.3 Å². The average Bonchev–Trinajstić information content (AvgIpc) is 3.63. The van der Waals surface area contributed by atoms with Gasteiger partial charge in [-0.2, -0.15) is 0 Å². The lowest BCUT2D eigenvalue weighted by molar-refractivity contribution is 0.345. The Morgan fingerprint density at radius 1 is 1.03 bits per heavy atom. The summed E-state index contributed by atoms with van der Waals surface area (Å²) in [5, 5.41) is 14.6. The number of fused-ring (bicyclic) bond motifs is 1. The Labute approximate surface area is 193 Å². The van der Waals surface area contributed by atoms with Gasteiger partial charge in [-0.25, -0.2) is 4.39 Å². The first-order valence-electron chi connectivity index (χ1n) is 11.6.